The normalized spacial score (nSPS) is 11.1. The lowest BCUT2D eigenvalue weighted by molar-refractivity contribution is 0.102. The van der Waals surface area contributed by atoms with E-state index in [0.717, 1.165) is 22.3 Å². The third-order valence-electron chi connectivity index (χ3n) is 4.94. The van der Waals surface area contributed by atoms with Crippen molar-refractivity contribution in [3.05, 3.63) is 83.4 Å². The molecule has 0 bridgehead atoms. The van der Waals surface area contributed by atoms with E-state index in [2.05, 4.69) is 32.2 Å². The van der Waals surface area contributed by atoms with Crippen LogP contribution >= 0.6 is 0 Å². The summed E-state index contributed by atoms with van der Waals surface area (Å²) in [7, 11) is 0. The summed E-state index contributed by atoms with van der Waals surface area (Å²) in [6.45, 7) is 6.83. The van der Waals surface area contributed by atoms with Gasteiger partial charge in [-0.05, 0) is 51.9 Å². The van der Waals surface area contributed by atoms with Crippen LogP contribution in [0, 0.1) is 0 Å². The summed E-state index contributed by atoms with van der Waals surface area (Å²) in [6, 6.07) is 20.3. The number of primary amides is 1. The van der Waals surface area contributed by atoms with Crippen molar-refractivity contribution in [2.45, 2.75) is 32.7 Å². The summed E-state index contributed by atoms with van der Waals surface area (Å²) in [5.74, 6) is -0.157. The van der Waals surface area contributed by atoms with Crippen molar-refractivity contribution in [2.24, 2.45) is 11.5 Å². The average Bonchev–Trinajstić information content (AvgIpc) is 2.74. The van der Waals surface area contributed by atoms with E-state index in [4.69, 9.17) is 16.2 Å². The first-order chi connectivity index (χ1) is 14.7. The van der Waals surface area contributed by atoms with Crippen LogP contribution in [0.1, 0.15) is 42.3 Å². The van der Waals surface area contributed by atoms with Crippen LogP contribution < -0.4 is 21.5 Å². The van der Waals surface area contributed by atoms with Gasteiger partial charge in [-0.1, -0.05) is 63.2 Å². The Morgan fingerprint density at radius 3 is 2.26 bits per heavy atom. The molecule has 6 heteroatoms. The molecular weight excluding hydrogens is 390 g/mol. The molecule has 31 heavy (non-hydrogen) atoms. The number of benzene rings is 3. The van der Waals surface area contributed by atoms with Gasteiger partial charge >= 0.3 is 6.09 Å². The Kier molecular flexibility index (Phi) is 6.42. The van der Waals surface area contributed by atoms with E-state index in [-0.39, 0.29) is 17.1 Å². The van der Waals surface area contributed by atoms with Gasteiger partial charge in [0.1, 0.15) is 0 Å². The highest BCUT2D eigenvalue weighted by Gasteiger charge is 2.20. The number of hydrogen-bond donors (Lipinski definition) is 3. The average molecular weight is 418 g/mol. The molecule has 160 valence electrons. The van der Waals surface area contributed by atoms with E-state index in [0.29, 0.717) is 17.8 Å². The first-order valence-corrected chi connectivity index (χ1v) is 10.0. The van der Waals surface area contributed by atoms with Crippen molar-refractivity contribution in [3.8, 4) is 16.9 Å². The minimum atomic E-state index is -0.953. The number of carbonyl (C=O) groups is 2. The van der Waals surface area contributed by atoms with Gasteiger partial charge in [0.25, 0.3) is 5.91 Å². The lowest BCUT2D eigenvalue weighted by Crippen LogP contribution is -2.19. The Morgan fingerprint density at radius 1 is 0.968 bits per heavy atom. The number of nitrogens with two attached hydrogens (primary N) is 2. The highest BCUT2D eigenvalue weighted by atomic mass is 16.5. The largest absolute Gasteiger partial charge is 0.410 e. The summed E-state index contributed by atoms with van der Waals surface area (Å²) in [5.41, 5.74) is 15.6. The summed E-state index contributed by atoms with van der Waals surface area (Å²) in [5, 5.41) is 2.84. The van der Waals surface area contributed by atoms with Crippen LogP contribution in [-0.2, 0) is 12.0 Å². The molecule has 3 rings (SSSR count). The summed E-state index contributed by atoms with van der Waals surface area (Å²) in [4.78, 5) is 24.2. The van der Waals surface area contributed by atoms with Gasteiger partial charge in [-0.2, -0.15) is 0 Å². The molecule has 0 radical (unpaired) electrons. The predicted octanol–water partition coefficient (Wildman–Crippen LogP) is 4.82. The first-order valence-electron chi connectivity index (χ1n) is 10.0. The fourth-order valence-corrected chi connectivity index (χ4v) is 3.37. The number of nitrogens with one attached hydrogen (secondary N) is 1. The number of carbonyl (C=O) groups excluding carboxylic acids is 2. The maximum atomic E-state index is 12.8. The summed E-state index contributed by atoms with van der Waals surface area (Å²) >= 11 is 0. The van der Waals surface area contributed by atoms with E-state index < -0.39 is 6.09 Å². The molecule has 0 heterocycles. The van der Waals surface area contributed by atoms with Crippen molar-refractivity contribution >= 4 is 17.7 Å². The summed E-state index contributed by atoms with van der Waals surface area (Å²) in [6.07, 6.45) is -0.953. The standard InChI is InChI=1S/C25H27N3O3/c1-25(2,3)20-7-5-4-6-19(20)18-12-13-22(31-24(27)30)21(14-18)28-23(29)17-10-8-16(15-26)9-11-17/h4-14H,15,26H2,1-3H3,(H2,27,30)(H,28,29). The number of anilines is 1. The molecular formula is C25H27N3O3. The van der Waals surface area contributed by atoms with Gasteiger partial charge in [0.05, 0.1) is 5.69 Å². The Labute approximate surface area is 182 Å². The third kappa shape index (κ3) is 5.29. The van der Waals surface area contributed by atoms with E-state index in [9.17, 15) is 9.59 Å². The number of rotatable bonds is 5. The zero-order chi connectivity index (χ0) is 22.6. The van der Waals surface area contributed by atoms with Gasteiger partial charge in [-0.25, -0.2) is 4.79 Å². The van der Waals surface area contributed by atoms with Gasteiger partial charge in [0.2, 0.25) is 0 Å². The lowest BCUT2D eigenvalue weighted by atomic mass is 9.82. The highest BCUT2D eigenvalue weighted by molar-refractivity contribution is 6.05. The molecule has 2 amide bonds. The van der Waals surface area contributed by atoms with Crippen LogP contribution in [0.15, 0.2) is 66.7 Å². The van der Waals surface area contributed by atoms with Gasteiger partial charge in [-0.15, -0.1) is 0 Å². The lowest BCUT2D eigenvalue weighted by Gasteiger charge is -2.23. The number of hydrogen-bond acceptors (Lipinski definition) is 4. The van der Waals surface area contributed by atoms with E-state index in [1.54, 1.807) is 36.4 Å². The monoisotopic (exact) mass is 417 g/mol. The van der Waals surface area contributed by atoms with Crippen molar-refractivity contribution < 1.29 is 14.3 Å². The molecule has 0 spiro atoms. The Morgan fingerprint density at radius 2 is 1.65 bits per heavy atom. The second-order valence-electron chi connectivity index (χ2n) is 8.28. The molecule has 0 aromatic heterocycles. The summed E-state index contributed by atoms with van der Waals surface area (Å²) < 4.78 is 5.11. The molecule has 0 saturated carbocycles. The molecule has 0 aliphatic rings. The van der Waals surface area contributed by atoms with E-state index in [1.807, 2.05) is 24.3 Å². The van der Waals surface area contributed by atoms with Crippen LogP contribution in [0.3, 0.4) is 0 Å². The zero-order valence-corrected chi connectivity index (χ0v) is 17.9. The first kappa shape index (κ1) is 22.1. The quantitative estimate of drug-likeness (QED) is 0.553. The van der Waals surface area contributed by atoms with Crippen molar-refractivity contribution in [3.63, 3.8) is 0 Å². The van der Waals surface area contributed by atoms with E-state index in [1.165, 1.54) is 0 Å². The molecule has 0 aliphatic carbocycles. The van der Waals surface area contributed by atoms with Gasteiger partial charge < -0.3 is 21.5 Å². The zero-order valence-electron chi connectivity index (χ0n) is 17.9. The molecule has 0 saturated heterocycles. The number of ether oxygens (including phenoxy) is 1. The Bertz CT molecular complexity index is 1100. The molecule has 3 aromatic rings. The second-order valence-corrected chi connectivity index (χ2v) is 8.28. The maximum Gasteiger partial charge on any atom is 0.410 e. The van der Waals surface area contributed by atoms with Crippen LogP contribution in [0.2, 0.25) is 0 Å². The molecule has 0 unspecified atom stereocenters. The highest BCUT2D eigenvalue weighted by Crippen LogP contribution is 2.36. The third-order valence-corrected chi connectivity index (χ3v) is 4.94. The molecule has 5 N–H and O–H groups in total. The SMILES string of the molecule is CC(C)(C)c1ccccc1-c1ccc(OC(N)=O)c(NC(=O)c2ccc(CN)cc2)c1. The minimum absolute atomic E-state index is 0.0763. The van der Waals surface area contributed by atoms with Gasteiger partial charge in [-0.3, -0.25) is 4.79 Å². The van der Waals surface area contributed by atoms with Crippen molar-refractivity contribution in [2.75, 3.05) is 5.32 Å². The van der Waals surface area contributed by atoms with Crippen LogP contribution in [0.4, 0.5) is 10.5 Å². The molecule has 0 aliphatic heterocycles. The van der Waals surface area contributed by atoms with Crippen LogP contribution in [-0.4, -0.2) is 12.0 Å². The van der Waals surface area contributed by atoms with Gasteiger partial charge in [0.15, 0.2) is 5.75 Å². The topological polar surface area (TPSA) is 107 Å². The van der Waals surface area contributed by atoms with Crippen LogP contribution in [0.25, 0.3) is 11.1 Å². The van der Waals surface area contributed by atoms with E-state index >= 15 is 0 Å². The fourth-order valence-electron chi connectivity index (χ4n) is 3.37. The molecule has 0 fully saturated rings. The Hall–Kier alpha value is -3.64. The predicted molar refractivity (Wildman–Crippen MR) is 123 cm³/mol. The van der Waals surface area contributed by atoms with Gasteiger partial charge in [0, 0.05) is 12.1 Å². The van der Waals surface area contributed by atoms with Crippen molar-refractivity contribution in [1.82, 2.24) is 0 Å². The Balaban J connectivity index is 2.02. The number of amides is 2. The smallest absolute Gasteiger partial charge is 0.408 e. The molecule has 6 nitrogen and oxygen atoms in total. The maximum absolute atomic E-state index is 12.8. The van der Waals surface area contributed by atoms with Crippen molar-refractivity contribution in [1.29, 1.82) is 0 Å². The molecule has 3 aromatic carbocycles. The second kappa shape index (κ2) is 9.02. The molecule has 0 atom stereocenters. The minimum Gasteiger partial charge on any atom is -0.408 e. The fraction of sp³-hybridized carbons (Fsp3) is 0.200. The van der Waals surface area contributed by atoms with Crippen LogP contribution in [0.5, 0.6) is 5.75 Å².